The number of carbonyl (C=O) groups excluding carboxylic acids is 1. The molecule has 1 saturated carbocycles. The molecule has 1 amide bonds. The average Bonchev–Trinajstić information content (AvgIpc) is 3.14. The second-order valence-electron chi connectivity index (χ2n) is 7.22. The number of rotatable bonds is 3. The first kappa shape index (κ1) is 13.3. The Morgan fingerprint density at radius 1 is 1.05 bits per heavy atom. The van der Waals surface area contributed by atoms with E-state index < -0.39 is 0 Å². The van der Waals surface area contributed by atoms with Gasteiger partial charge in [-0.25, -0.2) is 0 Å². The number of hydrogen-bond acceptors (Lipinski definition) is 2. The van der Waals surface area contributed by atoms with Crippen LogP contribution in [-0.4, -0.2) is 41.9 Å². The topological polar surface area (TPSA) is 23.6 Å². The second kappa shape index (κ2) is 5.13. The highest BCUT2D eigenvalue weighted by molar-refractivity contribution is 5.81. The molecular formula is C18H24N2O. The van der Waals surface area contributed by atoms with Gasteiger partial charge in [0, 0.05) is 38.6 Å². The van der Waals surface area contributed by atoms with Gasteiger partial charge in [-0.1, -0.05) is 29.8 Å². The van der Waals surface area contributed by atoms with Gasteiger partial charge in [-0.05, 0) is 37.2 Å². The third kappa shape index (κ3) is 2.71. The first-order valence-corrected chi connectivity index (χ1v) is 8.26. The van der Waals surface area contributed by atoms with E-state index in [-0.39, 0.29) is 0 Å². The molecule has 3 fully saturated rings. The number of fused-ring (bicyclic) bond motifs is 1. The van der Waals surface area contributed by atoms with Crippen molar-refractivity contribution in [1.82, 2.24) is 9.80 Å². The van der Waals surface area contributed by atoms with Gasteiger partial charge in [0.05, 0.1) is 0 Å². The lowest BCUT2D eigenvalue weighted by Crippen LogP contribution is -2.34. The van der Waals surface area contributed by atoms with Gasteiger partial charge < -0.3 is 4.90 Å². The second-order valence-corrected chi connectivity index (χ2v) is 7.22. The van der Waals surface area contributed by atoms with Crippen LogP contribution in [-0.2, 0) is 11.3 Å². The van der Waals surface area contributed by atoms with E-state index in [2.05, 4.69) is 41.0 Å². The molecule has 0 N–H and O–H groups in total. The SMILES string of the molecule is Cc1ccc(CN2C[C@@H]3CN(C(=O)C4CC4)C[C@@H]3C2)cc1. The normalized spacial score (nSPS) is 28.9. The minimum absolute atomic E-state index is 0.382. The number of likely N-dealkylation sites (tertiary alicyclic amines) is 2. The van der Waals surface area contributed by atoms with Crippen LogP contribution in [0.15, 0.2) is 24.3 Å². The lowest BCUT2D eigenvalue weighted by atomic mass is 10.0. The Morgan fingerprint density at radius 3 is 2.24 bits per heavy atom. The standard InChI is InChI=1S/C18H24N2O/c1-13-2-4-14(5-3-13)8-19-9-16-11-20(12-17(16)10-19)18(21)15-6-7-15/h2-5,15-17H,6-12H2,1H3/t16-,17+. The van der Waals surface area contributed by atoms with Crippen molar-refractivity contribution in [1.29, 1.82) is 0 Å². The number of carbonyl (C=O) groups is 1. The zero-order valence-electron chi connectivity index (χ0n) is 12.8. The van der Waals surface area contributed by atoms with Crippen molar-refractivity contribution in [3.8, 4) is 0 Å². The largest absolute Gasteiger partial charge is 0.342 e. The molecule has 1 aromatic rings. The molecule has 0 unspecified atom stereocenters. The fraction of sp³-hybridized carbons (Fsp3) is 0.611. The zero-order chi connectivity index (χ0) is 14.4. The molecule has 3 aliphatic rings. The summed E-state index contributed by atoms with van der Waals surface area (Å²) in [7, 11) is 0. The van der Waals surface area contributed by atoms with Crippen LogP contribution in [0.4, 0.5) is 0 Å². The molecule has 21 heavy (non-hydrogen) atoms. The molecule has 2 heterocycles. The highest BCUT2D eigenvalue weighted by atomic mass is 16.2. The highest BCUT2D eigenvalue weighted by Gasteiger charge is 2.44. The Morgan fingerprint density at radius 2 is 1.67 bits per heavy atom. The predicted molar refractivity (Wildman–Crippen MR) is 82.7 cm³/mol. The summed E-state index contributed by atoms with van der Waals surface area (Å²) in [4.78, 5) is 16.9. The molecule has 2 aliphatic heterocycles. The molecule has 0 aromatic heterocycles. The van der Waals surface area contributed by atoms with Gasteiger partial charge in [-0.3, -0.25) is 9.69 Å². The molecule has 2 atom stereocenters. The van der Waals surface area contributed by atoms with E-state index in [1.165, 1.54) is 11.1 Å². The van der Waals surface area contributed by atoms with Gasteiger partial charge in [0.1, 0.15) is 0 Å². The van der Waals surface area contributed by atoms with Crippen molar-refractivity contribution in [2.75, 3.05) is 26.2 Å². The summed E-state index contributed by atoms with van der Waals surface area (Å²) in [5.41, 5.74) is 2.73. The quantitative estimate of drug-likeness (QED) is 0.850. The molecule has 112 valence electrons. The Bertz CT molecular complexity index is 521. The van der Waals surface area contributed by atoms with Crippen molar-refractivity contribution >= 4 is 5.91 Å². The van der Waals surface area contributed by atoms with Crippen molar-refractivity contribution in [3.05, 3.63) is 35.4 Å². The summed E-state index contributed by atoms with van der Waals surface area (Å²) in [6.07, 6.45) is 2.26. The van der Waals surface area contributed by atoms with E-state index in [4.69, 9.17) is 0 Å². The van der Waals surface area contributed by atoms with Crippen LogP contribution in [0, 0.1) is 24.7 Å². The summed E-state index contributed by atoms with van der Waals surface area (Å²) in [6, 6.07) is 8.88. The molecule has 0 spiro atoms. The predicted octanol–water partition coefficient (Wildman–Crippen LogP) is 2.30. The van der Waals surface area contributed by atoms with E-state index in [1.54, 1.807) is 0 Å². The highest BCUT2D eigenvalue weighted by Crippen LogP contribution is 2.37. The molecular weight excluding hydrogens is 260 g/mol. The smallest absolute Gasteiger partial charge is 0.225 e. The van der Waals surface area contributed by atoms with Crippen LogP contribution in [0.2, 0.25) is 0 Å². The third-order valence-electron chi connectivity index (χ3n) is 5.33. The average molecular weight is 284 g/mol. The van der Waals surface area contributed by atoms with Crippen LogP contribution in [0.1, 0.15) is 24.0 Å². The Hall–Kier alpha value is -1.35. The maximum atomic E-state index is 12.2. The maximum Gasteiger partial charge on any atom is 0.225 e. The van der Waals surface area contributed by atoms with E-state index in [1.807, 2.05) is 0 Å². The Kier molecular flexibility index (Phi) is 3.26. The number of nitrogens with zero attached hydrogens (tertiary/aromatic N) is 2. The molecule has 0 bridgehead atoms. The minimum atomic E-state index is 0.382. The van der Waals surface area contributed by atoms with Crippen LogP contribution in [0.5, 0.6) is 0 Å². The van der Waals surface area contributed by atoms with Gasteiger partial charge in [0.15, 0.2) is 0 Å². The molecule has 3 nitrogen and oxygen atoms in total. The van der Waals surface area contributed by atoms with Crippen molar-refractivity contribution in [2.45, 2.75) is 26.3 Å². The van der Waals surface area contributed by atoms with Crippen LogP contribution < -0.4 is 0 Å². The lowest BCUT2D eigenvalue weighted by molar-refractivity contribution is -0.131. The van der Waals surface area contributed by atoms with Gasteiger partial charge in [0.25, 0.3) is 0 Å². The zero-order valence-corrected chi connectivity index (χ0v) is 12.8. The number of amides is 1. The van der Waals surface area contributed by atoms with Crippen LogP contribution in [0.3, 0.4) is 0 Å². The maximum absolute atomic E-state index is 12.2. The van der Waals surface area contributed by atoms with Crippen LogP contribution >= 0.6 is 0 Å². The monoisotopic (exact) mass is 284 g/mol. The van der Waals surface area contributed by atoms with Crippen molar-refractivity contribution < 1.29 is 4.79 Å². The van der Waals surface area contributed by atoms with E-state index in [0.717, 1.165) is 45.6 Å². The van der Waals surface area contributed by atoms with Crippen molar-refractivity contribution in [3.63, 3.8) is 0 Å². The molecule has 1 aliphatic carbocycles. The summed E-state index contributed by atoms with van der Waals surface area (Å²) in [5.74, 6) is 2.23. The van der Waals surface area contributed by atoms with E-state index in [0.29, 0.717) is 23.7 Å². The Labute approximate surface area is 126 Å². The molecule has 4 rings (SSSR count). The molecule has 3 heteroatoms. The third-order valence-corrected chi connectivity index (χ3v) is 5.33. The first-order valence-electron chi connectivity index (χ1n) is 8.26. The summed E-state index contributed by atoms with van der Waals surface area (Å²) < 4.78 is 0. The molecule has 2 saturated heterocycles. The fourth-order valence-corrected chi connectivity index (χ4v) is 3.94. The lowest BCUT2D eigenvalue weighted by Gasteiger charge is -2.21. The first-order chi connectivity index (χ1) is 10.2. The van der Waals surface area contributed by atoms with Crippen molar-refractivity contribution in [2.24, 2.45) is 17.8 Å². The van der Waals surface area contributed by atoms with Gasteiger partial charge >= 0.3 is 0 Å². The molecule has 0 radical (unpaired) electrons. The van der Waals surface area contributed by atoms with E-state index >= 15 is 0 Å². The van der Waals surface area contributed by atoms with Crippen LogP contribution in [0.25, 0.3) is 0 Å². The summed E-state index contributed by atoms with van der Waals surface area (Å²) >= 11 is 0. The number of aryl methyl sites for hydroxylation is 1. The number of hydrogen-bond donors (Lipinski definition) is 0. The van der Waals surface area contributed by atoms with Gasteiger partial charge in [-0.2, -0.15) is 0 Å². The van der Waals surface area contributed by atoms with Gasteiger partial charge in [-0.15, -0.1) is 0 Å². The minimum Gasteiger partial charge on any atom is -0.342 e. The Balaban J connectivity index is 1.33. The van der Waals surface area contributed by atoms with E-state index in [9.17, 15) is 4.79 Å². The van der Waals surface area contributed by atoms with Gasteiger partial charge in [0.2, 0.25) is 5.91 Å². The summed E-state index contributed by atoms with van der Waals surface area (Å²) in [5, 5.41) is 0. The summed E-state index contributed by atoms with van der Waals surface area (Å²) in [6.45, 7) is 7.52. The number of benzene rings is 1. The fourth-order valence-electron chi connectivity index (χ4n) is 3.94. The molecule has 1 aromatic carbocycles.